The summed E-state index contributed by atoms with van der Waals surface area (Å²) in [4.78, 5) is 11.5. The molecule has 0 heterocycles. The van der Waals surface area contributed by atoms with Gasteiger partial charge in [0.2, 0.25) is 0 Å². The lowest BCUT2D eigenvalue weighted by atomic mass is 9.92. The maximum atomic E-state index is 11.5. The zero-order chi connectivity index (χ0) is 12.3. The summed E-state index contributed by atoms with van der Waals surface area (Å²) in [6, 6.07) is 0. The zero-order valence-electron chi connectivity index (χ0n) is 10.5. The van der Waals surface area contributed by atoms with Gasteiger partial charge in [-0.2, -0.15) is 0 Å². The number of hydrogen-bond donors (Lipinski definition) is 1. The molecule has 0 saturated heterocycles. The van der Waals surface area contributed by atoms with Crippen LogP contribution in [0, 0.1) is 0 Å². The summed E-state index contributed by atoms with van der Waals surface area (Å²) >= 11 is 0. The smallest absolute Gasteiger partial charge is 0.336 e. The van der Waals surface area contributed by atoms with Gasteiger partial charge in [-0.3, -0.25) is 0 Å². The molecule has 0 aromatic carbocycles. The van der Waals surface area contributed by atoms with E-state index in [-0.39, 0.29) is 0 Å². The normalized spacial score (nSPS) is 21.0. The van der Waals surface area contributed by atoms with Gasteiger partial charge in [0.25, 0.3) is 0 Å². The maximum Gasteiger partial charge on any atom is 0.336 e. The molecule has 2 heteroatoms. The topological polar surface area (TPSA) is 37.3 Å². The molecule has 2 rings (SSSR count). The molecular weight excluding hydrogens is 212 g/mol. The van der Waals surface area contributed by atoms with Crippen LogP contribution in [0.1, 0.15) is 51.9 Å². The number of carbonyl (C=O) groups is 1. The van der Waals surface area contributed by atoms with E-state index in [0.29, 0.717) is 5.57 Å². The highest BCUT2D eigenvalue weighted by Crippen LogP contribution is 2.34. The number of allylic oxidation sites excluding steroid dienone is 4. The number of carboxylic acids is 1. The Labute approximate surface area is 103 Å². The molecule has 0 unspecified atom stereocenters. The molecule has 0 amide bonds. The summed E-state index contributed by atoms with van der Waals surface area (Å²) in [7, 11) is 0. The number of hydrogen-bond acceptors (Lipinski definition) is 1. The van der Waals surface area contributed by atoms with E-state index < -0.39 is 5.97 Å². The number of aliphatic carboxylic acids is 1. The van der Waals surface area contributed by atoms with E-state index >= 15 is 0 Å². The minimum atomic E-state index is -0.747. The summed E-state index contributed by atoms with van der Waals surface area (Å²) < 4.78 is 0. The van der Waals surface area contributed by atoms with E-state index in [4.69, 9.17) is 0 Å². The third-order valence-electron chi connectivity index (χ3n) is 3.66. The fourth-order valence-corrected chi connectivity index (χ4v) is 2.87. The molecule has 1 N–H and O–H groups in total. The second kappa shape index (κ2) is 5.35. The average molecular weight is 232 g/mol. The predicted octanol–water partition coefficient (Wildman–Crippen LogP) is 4.00. The first-order chi connectivity index (χ1) is 8.24. The molecule has 0 atom stereocenters. The first-order valence-electron chi connectivity index (χ1n) is 6.59. The fourth-order valence-electron chi connectivity index (χ4n) is 2.87. The van der Waals surface area contributed by atoms with Gasteiger partial charge in [-0.1, -0.05) is 19.1 Å². The summed E-state index contributed by atoms with van der Waals surface area (Å²) in [5.74, 6) is -0.747. The van der Waals surface area contributed by atoms with Crippen molar-refractivity contribution in [1.29, 1.82) is 0 Å². The van der Waals surface area contributed by atoms with Crippen LogP contribution in [0.5, 0.6) is 0 Å². The first-order valence-corrected chi connectivity index (χ1v) is 6.59. The van der Waals surface area contributed by atoms with E-state index in [1.807, 2.05) is 0 Å². The molecule has 92 valence electrons. The summed E-state index contributed by atoms with van der Waals surface area (Å²) in [6.07, 6.45) is 11.5. The van der Waals surface area contributed by atoms with Crippen molar-refractivity contribution in [3.8, 4) is 0 Å². The lowest BCUT2D eigenvalue weighted by Gasteiger charge is -2.13. The molecular formula is C15H20O2. The van der Waals surface area contributed by atoms with Crippen molar-refractivity contribution in [3.05, 3.63) is 34.4 Å². The third-order valence-corrected chi connectivity index (χ3v) is 3.66. The monoisotopic (exact) mass is 232 g/mol. The van der Waals surface area contributed by atoms with Crippen molar-refractivity contribution in [3.63, 3.8) is 0 Å². The van der Waals surface area contributed by atoms with Crippen LogP contribution in [0.4, 0.5) is 0 Å². The standard InChI is InChI=1S/C15H20O2/c1-2-13(11-7-3-4-8-11)14(15(16)17)12-9-5-6-10-12/h7,9H,2-6,8,10H2,1H3,(H,16,17)/b14-13-. The van der Waals surface area contributed by atoms with Crippen molar-refractivity contribution in [2.75, 3.05) is 0 Å². The molecule has 0 aromatic rings. The van der Waals surface area contributed by atoms with Crippen LogP contribution >= 0.6 is 0 Å². The quantitative estimate of drug-likeness (QED) is 0.744. The predicted molar refractivity (Wildman–Crippen MR) is 68.8 cm³/mol. The van der Waals surface area contributed by atoms with Gasteiger partial charge in [0.05, 0.1) is 5.57 Å². The molecule has 17 heavy (non-hydrogen) atoms. The Bertz CT molecular complexity index is 411. The summed E-state index contributed by atoms with van der Waals surface area (Å²) in [5.41, 5.74) is 4.00. The highest BCUT2D eigenvalue weighted by atomic mass is 16.4. The van der Waals surface area contributed by atoms with Gasteiger partial charge < -0.3 is 5.11 Å². The van der Waals surface area contributed by atoms with Crippen LogP contribution in [-0.2, 0) is 4.79 Å². The lowest BCUT2D eigenvalue weighted by Crippen LogP contribution is -2.08. The van der Waals surface area contributed by atoms with Gasteiger partial charge in [0, 0.05) is 0 Å². The highest BCUT2D eigenvalue weighted by Gasteiger charge is 2.22. The average Bonchev–Trinajstić information content (AvgIpc) is 2.97. The minimum Gasteiger partial charge on any atom is -0.478 e. The molecule has 2 nitrogen and oxygen atoms in total. The van der Waals surface area contributed by atoms with E-state index in [2.05, 4.69) is 19.1 Å². The van der Waals surface area contributed by atoms with E-state index in [1.54, 1.807) is 0 Å². The van der Waals surface area contributed by atoms with Gasteiger partial charge in [0.1, 0.15) is 0 Å². The second-order valence-electron chi connectivity index (χ2n) is 4.76. The molecule has 0 radical (unpaired) electrons. The van der Waals surface area contributed by atoms with Crippen molar-refractivity contribution in [2.24, 2.45) is 0 Å². The summed E-state index contributed by atoms with van der Waals surface area (Å²) in [6.45, 7) is 2.06. The van der Waals surface area contributed by atoms with Crippen molar-refractivity contribution in [1.82, 2.24) is 0 Å². The Morgan fingerprint density at radius 1 is 1.18 bits per heavy atom. The molecule has 2 aliphatic rings. The van der Waals surface area contributed by atoms with Crippen LogP contribution in [0.15, 0.2) is 34.4 Å². The SMILES string of the molecule is CC/C(C1=CCCC1)=C(/C(=O)O)C1=CCCC1. The fraction of sp³-hybridized carbons (Fsp3) is 0.533. The van der Waals surface area contributed by atoms with Crippen molar-refractivity contribution >= 4 is 5.97 Å². The largest absolute Gasteiger partial charge is 0.478 e. The highest BCUT2D eigenvalue weighted by molar-refractivity contribution is 5.93. The zero-order valence-corrected chi connectivity index (χ0v) is 10.5. The Balaban J connectivity index is 2.42. The van der Waals surface area contributed by atoms with Gasteiger partial charge in [-0.25, -0.2) is 4.79 Å². The Hall–Kier alpha value is -1.31. The molecule has 0 spiro atoms. The van der Waals surface area contributed by atoms with E-state index in [1.165, 1.54) is 12.0 Å². The second-order valence-corrected chi connectivity index (χ2v) is 4.76. The number of carboxylic acid groups (broad SMARTS) is 1. The Kier molecular flexibility index (Phi) is 3.82. The van der Waals surface area contributed by atoms with Crippen LogP contribution < -0.4 is 0 Å². The third kappa shape index (κ3) is 2.51. The van der Waals surface area contributed by atoms with Crippen molar-refractivity contribution in [2.45, 2.75) is 51.9 Å². The molecule has 0 aromatic heterocycles. The van der Waals surface area contributed by atoms with E-state index in [0.717, 1.165) is 49.7 Å². The van der Waals surface area contributed by atoms with Crippen LogP contribution in [0.2, 0.25) is 0 Å². The molecule has 0 saturated carbocycles. The molecule has 0 fully saturated rings. The Morgan fingerprint density at radius 3 is 2.18 bits per heavy atom. The van der Waals surface area contributed by atoms with E-state index in [9.17, 15) is 9.90 Å². The minimum absolute atomic E-state index is 0.596. The molecule has 2 aliphatic carbocycles. The van der Waals surface area contributed by atoms with Crippen molar-refractivity contribution < 1.29 is 9.90 Å². The van der Waals surface area contributed by atoms with Crippen LogP contribution in [-0.4, -0.2) is 11.1 Å². The maximum absolute atomic E-state index is 11.5. The molecule has 0 bridgehead atoms. The van der Waals surface area contributed by atoms with Crippen LogP contribution in [0.25, 0.3) is 0 Å². The van der Waals surface area contributed by atoms with Crippen LogP contribution in [0.3, 0.4) is 0 Å². The first kappa shape index (κ1) is 12.2. The molecule has 0 aliphatic heterocycles. The summed E-state index contributed by atoms with van der Waals surface area (Å²) in [5, 5.41) is 9.47. The number of rotatable bonds is 4. The van der Waals surface area contributed by atoms with Gasteiger partial charge >= 0.3 is 5.97 Å². The Morgan fingerprint density at radius 2 is 1.76 bits per heavy atom. The van der Waals surface area contributed by atoms with Gasteiger partial charge in [-0.05, 0) is 61.7 Å². The van der Waals surface area contributed by atoms with Gasteiger partial charge in [0.15, 0.2) is 0 Å². The van der Waals surface area contributed by atoms with Gasteiger partial charge in [-0.15, -0.1) is 0 Å². The lowest BCUT2D eigenvalue weighted by molar-refractivity contribution is -0.132.